The fourth-order valence-corrected chi connectivity index (χ4v) is 6.12. The van der Waals surface area contributed by atoms with Crippen LogP contribution in [0.1, 0.15) is 75.0 Å². The molecule has 1 saturated carbocycles. The average Bonchev–Trinajstić information content (AvgIpc) is 3.60. The molecular formula is C28H36N4O5S. The summed E-state index contributed by atoms with van der Waals surface area (Å²) in [4.78, 5) is 57.7. The van der Waals surface area contributed by atoms with Crippen molar-refractivity contribution in [1.82, 2.24) is 15.2 Å². The molecule has 3 N–H and O–H groups in total. The van der Waals surface area contributed by atoms with Gasteiger partial charge in [0.05, 0.1) is 0 Å². The molecule has 1 aromatic carbocycles. The molecular weight excluding hydrogens is 504 g/mol. The Hall–Kier alpha value is -3.27. The van der Waals surface area contributed by atoms with Crippen molar-refractivity contribution in [2.75, 3.05) is 11.9 Å². The molecule has 0 spiro atoms. The first kappa shape index (κ1) is 27.8. The van der Waals surface area contributed by atoms with Crippen LogP contribution in [0.3, 0.4) is 0 Å². The van der Waals surface area contributed by atoms with Gasteiger partial charge in [-0.15, -0.1) is 0 Å². The molecule has 1 saturated heterocycles. The molecule has 4 rings (SSSR count). The molecule has 2 heterocycles. The van der Waals surface area contributed by atoms with Crippen molar-refractivity contribution in [3.8, 4) is 11.3 Å². The number of hydrogen-bond donors (Lipinski definition) is 3. The van der Waals surface area contributed by atoms with Gasteiger partial charge in [0.15, 0.2) is 0 Å². The Morgan fingerprint density at radius 1 is 1.08 bits per heavy atom. The van der Waals surface area contributed by atoms with Gasteiger partial charge in [0.2, 0.25) is 22.7 Å². The van der Waals surface area contributed by atoms with Gasteiger partial charge in [-0.2, -0.15) is 0 Å². The second kappa shape index (κ2) is 12.5. The Morgan fingerprint density at radius 2 is 1.79 bits per heavy atom. The lowest BCUT2D eigenvalue weighted by Crippen LogP contribution is -2.56. The van der Waals surface area contributed by atoms with Crippen molar-refractivity contribution in [1.29, 1.82) is 0 Å². The monoisotopic (exact) mass is 540 g/mol. The molecule has 1 aliphatic carbocycles. The number of carboxylic acids is 1. The van der Waals surface area contributed by atoms with Gasteiger partial charge in [0, 0.05) is 18.0 Å². The van der Waals surface area contributed by atoms with Crippen molar-refractivity contribution >= 4 is 40.0 Å². The molecule has 0 unspecified atom stereocenters. The number of aromatic nitrogens is 1. The van der Waals surface area contributed by atoms with Crippen molar-refractivity contribution < 1.29 is 24.3 Å². The van der Waals surface area contributed by atoms with Gasteiger partial charge in [-0.05, 0) is 38.0 Å². The quantitative estimate of drug-likeness (QED) is 0.428. The maximum Gasteiger partial charge on any atom is 0.365 e. The maximum absolute atomic E-state index is 13.9. The first-order valence-electron chi connectivity index (χ1n) is 13.5. The minimum atomic E-state index is -1.17. The molecule has 2 aliphatic rings. The van der Waals surface area contributed by atoms with E-state index < -0.39 is 18.1 Å². The van der Waals surface area contributed by atoms with Crippen LogP contribution in [0.25, 0.3) is 11.3 Å². The van der Waals surface area contributed by atoms with Crippen LogP contribution in [0, 0.1) is 11.8 Å². The van der Waals surface area contributed by atoms with Crippen molar-refractivity contribution in [2.45, 2.75) is 77.3 Å². The molecule has 0 radical (unpaired) electrons. The summed E-state index contributed by atoms with van der Waals surface area (Å²) in [6.07, 6.45) is 6.79. The standard InChI is InChI=1S/C28H36N4O5S/c1-3-17(2)23(33)29-22(19-13-8-5-9-14-19)27(35)32-16-10-15-20(32)24(34)31-25-21(18-11-6-4-7-12-18)30-26(38-25)28(36)37/h4,6-7,11-12,17,19-20,22H,3,5,8-10,13-16H2,1-2H3,(H,29,33)(H,31,34)(H,36,37)/t17-,20+,22+/m1/s1. The lowest BCUT2D eigenvalue weighted by Gasteiger charge is -2.35. The average molecular weight is 541 g/mol. The Balaban J connectivity index is 1.55. The van der Waals surface area contributed by atoms with Gasteiger partial charge in [0.1, 0.15) is 22.8 Å². The molecule has 1 aliphatic heterocycles. The zero-order chi connectivity index (χ0) is 27.2. The fourth-order valence-electron chi connectivity index (χ4n) is 5.29. The van der Waals surface area contributed by atoms with E-state index in [1.54, 1.807) is 17.0 Å². The number of amides is 3. The number of nitrogens with one attached hydrogen (secondary N) is 2. The second-order valence-corrected chi connectivity index (χ2v) is 11.2. The van der Waals surface area contributed by atoms with Crippen molar-refractivity contribution in [3.05, 3.63) is 35.3 Å². The summed E-state index contributed by atoms with van der Waals surface area (Å²) < 4.78 is 0. The highest BCUT2D eigenvalue weighted by Gasteiger charge is 2.41. The summed E-state index contributed by atoms with van der Waals surface area (Å²) in [6.45, 7) is 4.24. The summed E-state index contributed by atoms with van der Waals surface area (Å²) in [5.74, 6) is -2.02. The third-order valence-electron chi connectivity index (χ3n) is 7.68. The van der Waals surface area contributed by atoms with Gasteiger partial charge in [0.25, 0.3) is 0 Å². The van der Waals surface area contributed by atoms with Gasteiger partial charge in [-0.25, -0.2) is 9.78 Å². The minimum absolute atomic E-state index is 0.0536. The van der Waals surface area contributed by atoms with E-state index >= 15 is 0 Å². The fraction of sp³-hybridized carbons (Fsp3) is 0.536. The number of hydrogen-bond acceptors (Lipinski definition) is 6. The zero-order valence-electron chi connectivity index (χ0n) is 21.9. The van der Waals surface area contributed by atoms with Gasteiger partial charge < -0.3 is 20.6 Å². The van der Waals surface area contributed by atoms with E-state index in [-0.39, 0.29) is 34.6 Å². The van der Waals surface area contributed by atoms with E-state index in [1.165, 1.54) is 0 Å². The number of carboxylic acid groups (broad SMARTS) is 1. The number of rotatable bonds is 9. The summed E-state index contributed by atoms with van der Waals surface area (Å²) >= 11 is 0.899. The first-order chi connectivity index (χ1) is 18.3. The summed E-state index contributed by atoms with van der Waals surface area (Å²) in [7, 11) is 0. The Bertz CT molecular complexity index is 1160. The highest BCUT2D eigenvalue weighted by Crippen LogP contribution is 2.35. The number of likely N-dealkylation sites (tertiary alicyclic amines) is 1. The Morgan fingerprint density at radius 3 is 2.45 bits per heavy atom. The predicted octanol–water partition coefficient (Wildman–Crippen LogP) is 4.55. The third kappa shape index (κ3) is 6.23. The maximum atomic E-state index is 13.9. The summed E-state index contributed by atoms with van der Waals surface area (Å²) in [5, 5.41) is 15.6. The van der Waals surface area contributed by atoms with Crippen LogP contribution < -0.4 is 10.6 Å². The highest BCUT2D eigenvalue weighted by atomic mass is 32.1. The number of aromatic carboxylic acids is 1. The Labute approximate surface area is 227 Å². The normalized spacial score (nSPS) is 19.5. The molecule has 0 bridgehead atoms. The minimum Gasteiger partial charge on any atom is -0.476 e. The van der Waals surface area contributed by atoms with E-state index in [2.05, 4.69) is 15.6 Å². The second-order valence-electron chi connectivity index (χ2n) is 10.2. The number of nitrogens with zero attached hydrogens (tertiary/aromatic N) is 2. The van der Waals surface area contributed by atoms with Crippen LogP contribution in [0.5, 0.6) is 0 Å². The molecule has 9 nitrogen and oxygen atoms in total. The zero-order valence-corrected chi connectivity index (χ0v) is 22.8. The number of anilines is 1. The lowest BCUT2D eigenvalue weighted by molar-refractivity contribution is -0.142. The topological polar surface area (TPSA) is 129 Å². The number of carbonyl (C=O) groups excluding carboxylic acids is 3. The van der Waals surface area contributed by atoms with E-state index in [1.807, 2.05) is 32.0 Å². The Kier molecular flexibility index (Phi) is 9.14. The molecule has 204 valence electrons. The highest BCUT2D eigenvalue weighted by molar-refractivity contribution is 7.18. The smallest absolute Gasteiger partial charge is 0.365 e. The molecule has 1 aromatic heterocycles. The molecule has 38 heavy (non-hydrogen) atoms. The number of carbonyl (C=O) groups is 4. The molecule has 2 fully saturated rings. The molecule has 10 heteroatoms. The van der Waals surface area contributed by atoms with Crippen LogP contribution in [0.15, 0.2) is 30.3 Å². The number of thiazole rings is 1. The van der Waals surface area contributed by atoms with Crippen molar-refractivity contribution in [3.63, 3.8) is 0 Å². The third-order valence-corrected chi connectivity index (χ3v) is 8.64. The van der Waals surface area contributed by atoms with E-state index in [0.717, 1.165) is 43.4 Å². The van der Waals surface area contributed by atoms with E-state index in [4.69, 9.17) is 0 Å². The first-order valence-corrected chi connectivity index (χ1v) is 14.3. The van der Waals surface area contributed by atoms with Gasteiger partial charge in [-0.1, -0.05) is 74.8 Å². The summed E-state index contributed by atoms with van der Waals surface area (Å²) in [6, 6.07) is 7.73. The van der Waals surface area contributed by atoms with Crippen LogP contribution in [-0.2, 0) is 14.4 Å². The van der Waals surface area contributed by atoms with Gasteiger partial charge in [-0.3, -0.25) is 14.4 Å². The largest absolute Gasteiger partial charge is 0.476 e. The van der Waals surface area contributed by atoms with E-state index in [9.17, 15) is 24.3 Å². The van der Waals surface area contributed by atoms with Gasteiger partial charge >= 0.3 is 5.97 Å². The SMILES string of the molecule is CC[C@@H](C)C(=O)N[C@H](C(=O)N1CCC[C@H]1C(=O)Nc1sc(C(=O)O)nc1-c1ccccc1)C1CCCCC1. The predicted molar refractivity (Wildman–Crippen MR) is 146 cm³/mol. The number of benzene rings is 1. The van der Waals surface area contributed by atoms with Crippen LogP contribution in [0.4, 0.5) is 5.00 Å². The lowest BCUT2D eigenvalue weighted by atomic mass is 9.83. The van der Waals surface area contributed by atoms with Crippen molar-refractivity contribution in [2.24, 2.45) is 11.8 Å². The molecule has 3 amide bonds. The van der Waals surface area contributed by atoms with Crippen LogP contribution in [-0.4, -0.2) is 57.3 Å². The summed E-state index contributed by atoms with van der Waals surface area (Å²) in [5.41, 5.74) is 1.08. The van der Waals surface area contributed by atoms with Crippen LogP contribution >= 0.6 is 11.3 Å². The van der Waals surface area contributed by atoms with E-state index in [0.29, 0.717) is 42.1 Å². The molecule has 3 atom stereocenters. The molecule has 2 aromatic rings. The van der Waals surface area contributed by atoms with Crippen LogP contribution in [0.2, 0.25) is 0 Å².